The van der Waals surface area contributed by atoms with E-state index in [1.165, 1.54) is 42.4 Å². The SMILES string of the molecule is CC(C)c1cc(Oc2[c-]c3c(cc2)C(C)(C)c2ccccc2N3c2cc(C(C)(C)C)ccn2)[c-]c(C2=N[C@](C)(C3CCCC3)CO2)c1.[Pt+2]. The number of aromatic nitrogens is 1. The Morgan fingerprint density at radius 2 is 1.67 bits per heavy atom. The molecule has 0 saturated heterocycles. The maximum Gasteiger partial charge on any atom is 2.00 e. The van der Waals surface area contributed by atoms with Gasteiger partial charge in [0.05, 0.1) is 5.54 Å². The van der Waals surface area contributed by atoms with Gasteiger partial charge < -0.3 is 14.4 Å². The van der Waals surface area contributed by atoms with E-state index in [-0.39, 0.29) is 37.4 Å². The Morgan fingerprint density at radius 1 is 0.917 bits per heavy atom. The predicted octanol–water partition coefficient (Wildman–Crippen LogP) is 10.7. The zero-order chi connectivity index (χ0) is 33.1. The molecule has 1 aliphatic carbocycles. The van der Waals surface area contributed by atoms with Gasteiger partial charge in [-0.15, -0.1) is 29.3 Å². The third kappa shape index (κ3) is 6.24. The van der Waals surface area contributed by atoms with Crippen LogP contribution in [0.4, 0.5) is 17.2 Å². The Labute approximate surface area is 301 Å². The molecule has 4 aromatic rings. The number of para-hydroxylation sites is 1. The van der Waals surface area contributed by atoms with Gasteiger partial charge in [0.15, 0.2) is 0 Å². The third-order valence-electron chi connectivity index (χ3n) is 10.5. The zero-order valence-electron chi connectivity index (χ0n) is 29.5. The molecule has 6 heteroatoms. The molecule has 3 heterocycles. The van der Waals surface area contributed by atoms with Gasteiger partial charge in [-0.1, -0.05) is 103 Å². The Balaban J connectivity index is 0.00000401. The molecule has 2 aliphatic heterocycles. The van der Waals surface area contributed by atoms with Gasteiger partial charge in [0.25, 0.3) is 0 Å². The molecule has 7 rings (SSSR count). The molecule has 0 bridgehead atoms. The van der Waals surface area contributed by atoms with E-state index in [1.54, 1.807) is 0 Å². The summed E-state index contributed by atoms with van der Waals surface area (Å²) in [6, 6.07) is 28.6. The second kappa shape index (κ2) is 12.8. The number of hydrogen-bond acceptors (Lipinski definition) is 5. The second-order valence-electron chi connectivity index (χ2n) is 15.7. The van der Waals surface area contributed by atoms with Crippen LogP contribution in [0.5, 0.6) is 11.5 Å². The van der Waals surface area contributed by atoms with Gasteiger partial charge in [-0.05, 0) is 71.8 Å². The Hall–Kier alpha value is -3.43. The van der Waals surface area contributed by atoms with E-state index in [2.05, 4.69) is 127 Å². The molecule has 3 aromatic carbocycles. The average Bonchev–Trinajstić information content (AvgIpc) is 3.72. The smallest absolute Gasteiger partial charge is 0.518 e. The summed E-state index contributed by atoms with van der Waals surface area (Å²) >= 11 is 0. The molecule has 3 aliphatic rings. The van der Waals surface area contributed by atoms with Gasteiger partial charge in [-0.2, -0.15) is 6.07 Å². The maximum absolute atomic E-state index is 6.64. The van der Waals surface area contributed by atoms with E-state index >= 15 is 0 Å². The summed E-state index contributed by atoms with van der Waals surface area (Å²) in [5.41, 5.74) is 7.29. The van der Waals surface area contributed by atoms with E-state index < -0.39 is 0 Å². The topological polar surface area (TPSA) is 47.0 Å². The van der Waals surface area contributed by atoms with Gasteiger partial charge in [0.1, 0.15) is 18.3 Å². The number of rotatable bonds is 6. The summed E-state index contributed by atoms with van der Waals surface area (Å²) in [6.45, 7) is 18.5. The fourth-order valence-corrected chi connectivity index (χ4v) is 7.50. The molecule has 5 nitrogen and oxygen atoms in total. The van der Waals surface area contributed by atoms with E-state index in [4.69, 9.17) is 19.5 Å². The van der Waals surface area contributed by atoms with Crippen LogP contribution in [-0.2, 0) is 36.6 Å². The van der Waals surface area contributed by atoms with Crippen molar-refractivity contribution in [1.29, 1.82) is 0 Å². The number of aliphatic imine (C=N–C) groups is 1. The molecule has 252 valence electrons. The summed E-state index contributed by atoms with van der Waals surface area (Å²) in [5, 5.41) is 0. The third-order valence-corrected chi connectivity index (χ3v) is 10.5. The number of benzene rings is 3. The molecule has 1 aromatic heterocycles. The molecule has 1 atom stereocenters. The number of nitrogens with zero attached hydrogens (tertiary/aromatic N) is 3. The van der Waals surface area contributed by atoms with Crippen molar-refractivity contribution in [2.75, 3.05) is 11.5 Å². The maximum atomic E-state index is 6.64. The van der Waals surface area contributed by atoms with Gasteiger partial charge >= 0.3 is 21.1 Å². The monoisotopic (exact) mass is 820 g/mol. The van der Waals surface area contributed by atoms with E-state index in [0.29, 0.717) is 35.8 Å². The van der Waals surface area contributed by atoms with Crippen LogP contribution < -0.4 is 9.64 Å². The Bertz CT molecular complexity index is 1850. The molecular formula is C42H47N3O2Pt. The summed E-state index contributed by atoms with van der Waals surface area (Å²) in [7, 11) is 0. The zero-order valence-corrected chi connectivity index (χ0v) is 31.8. The number of fused-ring (bicyclic) bond motifs is 2. The van der Waals surface area contributed by atoms with Crippen molar-refractivity contribution >= 4 is 23.1 Å². The summed E-state index contributed by atoms with van der Waals surface area (Å²) in [5.74, 6) is 3.69. The fourth-order valence-electron chi connectivity index (χ4n) is 7.50. The normalized spacial score (nSPS) is 20.1. The van der Waals surface area contributed by atoms with Gasteiger partial charge in [0, 0.05) is 23.4 Å². The van der Waals surface area contributed by atoms with Crippen LogP contribution in [0.15, 0.2) is 71.9 Å². The van der Waals surface area contributed by atoms with Crippen molar-refractivity contribution < 1.29 is 30.5 Å². The van der Waals surface area contributed by atoms with Crippen molar-refractivity contribution in [3.63, 3.8) is 0 Å². The molecule has 0 amide bonds. The molecule has 0 radical (unpaired) electrons. The number of pyridine rings is 1. The molecule has 48 heavy (non-hydrogen) atoms. The first kappa shape index (κ1) is 34.4. The van der Waals surface area contributed by atoms with Crippen LogP contribution >= 0.6 is 0 Å². The first-order chi connectivity index (χ1) is 22.3. The number of ether oxygens (including phenoxy) is 2. The van der Waals surface area contributed by atoms with Crippen LogP contribution in [0, 0.1) is 18.1 Å². The molecule has 1 fully saturated rings. The van der Waals surface area contributed by atoms with Crippen molar-refractivity contribution in [1.82, 2.24) is 4.98 Å². The number of anilines is 3. The van der Waals surface area contributed by atoms with Crippen molar-refractivity contribution in [3.05, 3.63) is 107 Å². The Kier molecular flexibility index (Phi) is 9.17. The first-order valence-corrected chi connectivity index (χ1v) is 17.2. The van der Waals surface area contributed by atoms with Crippen molar-refractivity contribution in [2.24, 2.45) is 10.9 Å². The predicted molar refractivity (Wildman–Crippen MR) is 191 cm³/mol. The van der Waals surface area contributed by atoms with Crippen LogP contribution in [-0.4, -0.2) is 23.0 Å². The van der Waals surface area contributed by atoms with Crippen LogP contribution in [0.1, 0.15) is 115 Å². The van der Waals surface area contributed by atoms with E-state index in [9.17, 15) is 0 Å². The van der Waals surface area contributed by atoms with Crippen LogP contribution in [0.25, 0.3) is 0 Å². The minimum Gasteiger partial charge on any atom is -0.518 e. The minimum atomic E-state index is -0.236. The van der Waals surface area contributed by atoms with E-state index in [1.807, 2.05) is 12.3 Å². The van der Waals surface area contributed by atoms with Gasteiger partial charge in [-0.3, -0.25) is 4.99 Å². The second-order valence-corrected chi connectivity index (χ2v) is 15.7. The molecule has 0 unspecified atom stereocenters. The molecule has 0 N–H and O–H groups in total. The summed E-state index contributed by atoms with van der Waals surface area (Å²) < 4.78 is 12.9. The average molecular weight is 821 g/mol. The molecule has 1 saturated carbocycles. The Morgan fingerprint density at radius 3 is 2.40 bits per heavy atom. The van der Waals surface area contributed by atoms with Gasteiger partial charge in [-0.25, -0.2) is 4.98 Å². The van der Waals surface area contributed by atoms with Crippen molar-refractivity contribution in [3.8, 4) is 11.5 Å². The summed E-state index contributed by atoms with van der Waals surface area (Å²) in [4.78, 5) is 12.3. The quantitative estimate of drug-likeness (QED) is 0.182. The minimum absolute atomic E-state index is 0. The molecular weight excluding hydrogens is 774 g/mol. The van der Waals surface area contributed by atoms with Crippen LogP contribution in [0.3, 0.4) is 0 Å². The van der Waals surface area contributed by atoms with Crippen molar-refractivity contribution in [2.45, 2.75) is 103 Å². The summed E-state index contributed by atoms with van der Waals surface area (Å²) in [6.07, 6.45) is 6.94. The molecule has 0 spiro atoms. The first-order valence-electron chi connectivity index (χ1n) is 17.2. The van der Waals surface area contributed by atoms with E-state index in [0.717, 1.165) is 28.3 Å². The number of hydrogen-bond donors (Lipinski definition) is 0. The fraction of sp³-hybridized carbons (Fsp3) is 0.429. The largest absolute Gasteiger partial charge is 2.00 e. The van der Waals surface area contributed by atoms with Crippen LogP contribution in [0.2, 0.25) is 0 Å². The van der Waals surface area contributed by atoms with Gasteiger partial charge in [0.2, 0.25) is 0 Å². The standard InChI is InChI=1S/C42H47N3O2.Pt/c1-27(2)28-21-29(39-44-42(8,26-46-39)30-13-9-10-14-30)23-33(22-28)47-32-17-18-35-37(25-32)45(36-16-12-11-15-34(36)41(35,6)7)38-24-31(19-20-43-38)40(3,4)5;/h11-12,15-22,24,27,30H,9-10,13-14,26H2,1-8H3;/q-2;+2/t42-;/m0./s1.